The van der Waals surface area contributed by atoms with Gasteiger partial charge in [0, 0.05) is 23.5 Å². The highest BCUT2D eigenvalue weighted by atomic mass is 35.5. The Hall–Kier alpha value is -2.60. The summed E-state index contributed by atoms with van der Waals surface area (Å²) >= 11 is 5.87. The molecule has 1 N–H and O–H groups in total. The fourth-order valence-electron chi connectivity index (χ4n) is 2.73. The Morgan fingerprint density at radius 2 is 2.04 bits per heavy atom. The number of halogens is 1. The standard InChI is InChI=1S/C19H20ClN3O3/c1-3-4-12-23-16-15(6-5-11-21-16)26-19(2,18(23)25)17(24)22-14-9-7-13(20)8-10-14/h5-11H,3-4,12H2,1-2H3,(H,22,24). The third-order valence-corrected chi connectivity index (χ3v) is 4.50. The Morgan fingerprint density at radius 3 is 2.73 bits per heavy atom. The zero-order valence-electron chi connectivity index (χ0n) is 14.7. The fourth-order valence-corrected chi connectivity index (χ4v) is 2.86. The number of anilines is 2. The molecular weight excluding hydrogens is 354 g/mol. The molecule has 1 aliphatic heterocycles. The number of aromatic nitrogens is 1. The number of hydrogen-bond acceptors (Lipinski definition) is 4. The van der Waals surface area contributed by atoms with E-state index in [-0.39, 0.29) is 0 Å². The van der Waals surface area contributed by atoms with Crippen molar-refractivity contribution in [2.24, 2.45) is 0 Å². The quantitative estimate of drug-likeness (QED) is 0.812. The molecule has 3 rings (SSSR count). The molecule has 2 heterocycles. The number of nitrogens with zero attached hydrogens (tertiary/aromatic N) is 2. The fraction of sp³-hybridized carbons (Fsp3) is 0.316. The van der Waals surface area contributed by atoms with Gasteiger partial charge in [0.15, 0.2) is 11.6 Å². The van der Waals surface area contributed by atoms with Crippen LogP contribution in [-0.2, 0) is 9.59 Å². The van der Waals surface area contributed by atoms with Crippen LogP contribution in [0.25, 0.3) is 0 Å². The van der Waals surface area contributed by atoms with Gasteiger partial charge >= 0.3 is 0 Å². The lowest BCUT2D eigenvalue weighted by atomic mass is 10.0. The molecule has 26 heavy (non-hydrogen) atoms. The molecule has 0 spiro atoms. The van der Waals surface area contributed by atoms with Gasteiger partial charge in [-0.15, -0.1) is 0 Å². The van der Waals surface area contributed by atoms with E-state index in [1.54, 1.807) is 42.6 Å². The van der Waals surface area contributed by atoms with Crippen LogP contribution in [0.3, 0.4) is 0 Å². The largest absolute Gasteiger partial charge is 0.464 e. The zero-order chi connectivity index (χ0) is 18.7. The van der Waals surface area contributed by atoms with Gasteiger partial charge in [0.25, 0.3) is 17.4 Å². The van der Waals surface area contributed by atoms with E-state index >= 15 is 0 Å². The van der Waals surface area contributed by atoms with Gasteiger partial charge in [-0.05, 0) is 49.7 Å². The topological polar surface area (TPSA) is 71.5 Å². The molecule has 1 unspecified atom stereocenters. The van der Waals surface area contributed by atoms with E-state index in [1.807, 2.05) is 6.92 Å². The van der Waals surface area contributed by atoms with E-state index < -0.39 is 17.4 Å². The van der Waals surface area contributed by atoms with Gasteiger partial charge in [-0.1, -0.05) is 24.9 Å². The second kappa shape index (κ2) is 7.33. The summed E-state index contributed by atoms with van der Waals surface area (Å²) in [7, 11) is 0. The normalized spacial score (nSPS) is 18.9. The van der Waals surface area contributed by atoms with Crippen molar-refractivity contribution in [3.05, 3.63) is 47.6 Å². The van der Waals surface area contributed by atoms with Gasteiger partial charge in [-0.25, -0.2) is 4.98 Å². The predicted molar refractivity (Wildman–Crippen MR) is 101 cm³/mol. The van der Waals surface area contributed by atoms with E-state index in [0.717, 1.165) is 12.8 Å². The summed E-state index contributed by atoms with van der Waals surface area (Å²) in [4.78, 5) is 31.7. The van der Waals surface area contributed by atoms with Crippen LogP contribution in [0, 0.1) is 0 Å². The van der Waals surface area contributed by atoms with Crippen molar-refractivity contribution < 1.29 is 14.3 Å². The molecule has 0 bridgehead atoms. The number of ether oxygens (including phenoxy) is 1. The summed E-state index contributed by atoms with van der Waals surface area (Å²) < 4.78 is 5.81. The van der Waals surface area contributed by atoms with Crippen molar-refractivity contribution in [3.8, 4) is 5.75 Å². The number of nitrogens with one attached hydrogen (secondary N) is 1. The Labute approximate surface area is 157 Å². The van der Waals surface area contributed by atoms with Gasteiger partial charge in [-0.3, -0.25) is 14.5 Å². The molecule has 0 fully saturated rings. The summed E-state index contributed by atoms with van der Waals surface area (Å²) in [6, 6.07) is 10.1. The van der Waals surface area contributed by atoms with E-state index in [0.29, 0.717) is 28.8 Å². The number of amides is 2. The van der Waals surface area contributed by atoms with Gasteiger partial charge in [0.1, 0.15) is 0 Å². The number of rotatable bonds is 5. The minimum Gasteiger partial charge on any atom is -0.464 e. The second-order valence-corrected chi connectivity index (χ2v) is 6.67. The number of benzene rings is 1. The summed E-state index contributed by atoms with van der Waals surface area (Å²) in [6.07, 6.45) is 3.32. The molecule has 0 saturated carbocycles. The molecule has 7 heteroatoms. The number of pyridine rings is 1. The molecular formula is C19H20ClN3O3. The first-order chi connectivity index (χ1) is 12.5. The lowest BCUT2D eigenvalue weighted by molar-refractivity contribution is -0.145. The number of unbranched alkanes of at least 4 members (excludes halogenated alkanes) is 1. The zero-order valence-corrected chi connectivity index (χ0v) is 15.4. The molecule has 1 aromatic carbocycles. The average Bonchev–Trinajstić information content (AvgIpc) is 2.64. The van der Waals surface area contributed by atoms with Crippen LogP contribution >= 0.6 is 11.6 Å². The van der Waals surface area contributed by atoms with Crippen molar-refractivity contribution in [2.75, 3.05) is 16.8 Å². The van der Waals surface area contributed by atoms with E-state index in [4.69, 9.17) is 16.3 Å². The van der Waals surface area contributed by atoms with Crippen LogP contribution in [0.4, 0.5) is 11.5 Å². The SMILES string of the molecule is CCCCN1C(=O)C(C)(C(=O)Nc2ccc(Cl)cc2)Oc2cccnc21. The summed E-state index contributed by atoms with van der Waals surface area (Å²) in [5.41, 5.74) is -1.14. The van der Waals surface area contributed by atoms with E-state index in [1.165, 1.54) is 11.8 Å². The lowest BCUT2D eigenvalue weighted by Gasteiger charge is -2.38. The second-order valence-electron chi connectivity index (χ2n) is 6.23. The molecule has 2 amide bonds. The smallest absolute Gasteiger partial charge is 0.282 e. The predicted octanol–water partition coefficient (Wildman–Crippen LogP) is 3.66. The first kappa shape index (κ1) is 18.2. The molecule has 136 valence electrons. The van der Waals surface area contributed by atoms with Crippen molar-refractivity contribution in [2.45, 2.75) is 32.3 Å². The van der Waals surface area contributed by atoms with E-state index in [9.17, 15) is 9.59 Å². The van der Waals surface area contributed by atoms with Crippen molar-refractivity contribution in [1.82, 2.24) is 4.98 Å². The molecule has 1 aromatic heterocycles. The monoisotopic (exact) mass is 373 g/mol. The molecule has 1 atom stereocenters. The van der Waals surface area contributed by atoms with E-state index in [2.05, 4.69) is 10.3 Å². The number of carbonyl (C=O) groups excluding carboxylic acids is 2. The minimum absolute atomic E-state index is 0.414. The minimum atomic E-state index is -1.68. The maximum absolute atomic E-state index is 13.1. The first-order valence-electron chi connectivity index (χ1n) is 8.48. The summed E-state index contributed by atoms with van der Waals surface area (Å²) in [5, 5.41) is 3.29. The third kappa shape index (κ3) is 3.37. The van der Waals surface area contributed by atoms with Crippen LogP contribution in [0.2, 0.25) is 5.02 Å². The third-order valence-electron chi connectivity index (χ3n) is 4.24. The van der Waals surface area contributed by atoms with Crippen molar-refractivity contribution >= 4 is 34.9 Å². The van der Waals surface area contributed by atoms with Crippen LogP contribution < -0.4 is 15.0 Å². The summed E-state index contributed by atoms with van der Waals surface area (Å²) in [5.74, 6) is -0.107. The highest BCUT2D eigenvalue weighted by molar-refractivity contribution is 6.30. The van der Waals surface area contributed by atoms with Crippen LogP contribution in [0.5, 0.6) is 5.75 Å². The van der Waals surface area contributed by atoms with Crippen molar-refractivity contribution in [1.29, 1.82) is 0 Å². The number of carbonyl (C=O) groups is 2. The maximum Gasteiger partial charge on any atom is 0.282 e. The molecule has 0 aliphatic carbocycles. The Kier molecular flexibility index (Phi) is 5.13. The van der Waals surface area contributed by atoms with Gasteiger partial charge in [0.2, 0.25) is 0 Å². The first-order valence-corrected chi connectivity index (χ1v) is 8.86. The Morgan fingerprint density at radius 1 is 1.31 bits per heavy atom. The Bertz CT molecular complexity index is 825. The van der Waals surface area contributed by atoms with Gasteiger partial charge < -0.3 is 10.1 Å². The van der Waals surface area contributed by atoms with Gasteiger partial charge in [-0.2, -0.15) is 0 Å². The number of hydrogen-bond donors (Lipinski definition) is 1. The van der Waals surface area contributed by atoms with Crippen molar-refractivity contribution in [3.63, 3.8) is 0 Å². The number of fused-ring (bicyclic) bond motifs is 1. The Balaban J connectivity index is 1.91. The van der Waals surface area contributed by atoms with Crippen LogP contribution in [-0.4, -0.2) is 28.9 Å². The highest BCUT2D eigenvalue weighted by Crippen LogP contribution is 2.36. The average molecular weight is 374 g/mol. The van der Waals surface area contributed by atoms with Crippen LogP contribution in [0.15, 0.2) is 42.6 Å². The molecule has 0 radical (unpaired) electrons. The maximum atomic E-state index is 13.1. The van der Waals surface area contributed by atoms with Crippen LogP contribution in [0.1, 0.15) is 26.7 Å². The summed E-state index contributed by atoms with van der Waals surface area (Å²) in [6.45, 7) is 4.00. The molecule has 6 nitrogen and oxygen atoms in total. The highest BCUT2D eigenvalue weighted by Gasteiger charge is 2.51. The molecule has 2 aromatic rings. The lowest BCUT2D eigenvalue weighted by Crippen LogP contribution is -2.61. The molecule has 1 aliphatic rings. The van der Waals surface area contributed by atoms with Gasteiger partial charge in [0.05, 0.1) is 0 Å². The molecule has 0 saturated heterocycles.